The highest BCUT2D eigenvalue weighted by atomic mass is 16.4. The Bertz CT molecular complexity index is 676. The molecule has 0 radical (unpaired) electrons. The number of aromatic amines is 1. The molecule has 6 nitrogen and oxygen atoms in total. The number of Topliss-reactive ketones (excluding diaryl/α,β-unsaturated/α-hetero) is 1. The molecule has 22 heavy (non-hydrogen) atoms. The molecule has 2 N–H and O–H groups in total. The SMILES string of the molecule is Cc1c(C(=O)N2CCCC2(C)C(=O)O)[nH]c2c1C(=O)CCC2. The molecule has 2 aliphatic rings. The second-order valence-electron chi connectivity index (χ2n) is 6.39. The normalized spacial score (nSPS) is 24.5. The van der Waals surface area contributed by atoms with Crippen LogP contribution in [-0.4, -0.2) is 44.7 Å². The average molecular weight is 304 g/mol. The third-order valence-corrected chi connectivity index (χ3v) is 5.00. The van der Waals surface area contributed by atoms with Gasteiger partial charge in [0.05, 0.1) is 0 Å². The number of carboxylic acids is 1. The molecule has 0 aromatic carbocycles. The number of nitrogens with one attached hydrogen (secondary N) is 1. The summed E-state index contributed by atoms with van der Waals surface area (Å²) in [5.74, 6) is -1.23. The van der Waals surface area contributed by atoms with Gasteiger partial charge in [-0.25, -0.2) is 4.79 Å². The molecule has 1 fully saturated rings. The van der Waals surface area contributed by atoms with E-state index in [1.807, 2.05) is 0 Å². The molecule has 3 rings (SSSR count). The zero-order valence-electron chi connectivity index (χ0n) is 12.9. The highest BCUT2D eigenvalue weighted by Crippen LogP contribution is 2.33. The Morgan fingerprint density at radius 1 is 1.27 bits per heavy atom. The topological polar surface area (TPSA) is 90.5 Å². The van der Waals surface area contributed by atoms with Gasteiger partial charge in [0, 0.05) is 24.2 Å². The first-order valence-corrected chi connectivity index (χ1v) is 7.66. The van der Waals surface area contributed by atoms with Gasteiger partial charge in [0.25, 0.3) is 5.91 Å². The van der Waals surface area contributed by atoms with E-state index >= 15 is 0 Å². The summed E-state index contributed by atoms with van der Waals surface area (Å²) in [5, 5.41) is 9.45. The fourth-order valence-corrected chi connectivity index (χ4v) is 3.63. The van der Waals surface area contributed by atoms with Gasteiger partial charge in [-0.3, -0.25) is 9.59 Å². The number of hydrogen-bond acceptors (Lipinski definition) is 3. The maximum Gasteiger partial charge on any atom is 0.329 e. The fourth-order valence-electron chi connectivity index (χ4n) is 3.63. The van der Waals surface area contributed by atoms with Crippen molar-refractivity contribution in [1.82, 2.24) is 9.88 Å². The molecule has 1 unspecified atom stereocenters. The van der Waals surface area contributed by atoms with Gasteiger partial charge in [0.15, 0.2) is 5.78 Å². The number of hydrogen-bond donors (Lipinski definition) is 2. The number of likely N-dealkylation sites (tertiary alicyclic amines) is 1. The third kappa shape index (κ3) is 1.97. The van der Waals surface area contributed by atoms with Crippen molar-refractivity contribution in [3.63, 3.8) is 0 Å². The van der Waals surface area contributed by atoms with Crippen molar-refractivity contribution in [1.29, 1.82) is 0 Å². The zero-order chi connectivity index (χ0) is 16.1. The Hall–Kier alpha value is -2.11. The van der Waals surface area contributed by atoms with Crippen LogP contribution in [0.4, 0.5) is 0 Å². The molecule has 0 spiro atoms. The second kappa shape index (κ2) is 4.97. The van der Waals surface area contributed by atoms with Crippen LogP contribution in [0.15, 0.2) is 0 Å². The third-order valence-electron chi connectivity index (χ3n) is 5.00. The van der Waals surface area contributed by atoms with Crippen LogP contribution >= 0.6 is 0 Å². The molecule has 118 valence electrons. The Morgan fingerprint density at radius 2 is 2.00 bits per heavy atom. The smallest absolute Gasteiger partial charge is 0.329 e. The molecule has 0 bridgehead atoms. The highest BCUT2D eigenvalue weighted by Gasteiger charge is 2.47. The summed E-state index contributed by atoms with van der Waals surface area (Å²) in [4.78, 5) is 40.9. The van der Waals surface area contributed by atoms with Crippen LogP contribution in [0.2, 0.25) is 0 Å². The molecule has 0 saturated carbocycles. The predicted molar refractivity (Wildman–Crippen MR) is 79.1 cm³/mol. The molecule has 1 aromatic rings. The van der Waals surface area contributed by atoms with E-state index in [0.29, 0.717) is 42.6 Å². The summed E-state index contributed by atoms with van der Waals surface area (Å²) in [6.45, 7) is 3.78. The van der Waals surface area contributed by atoms with Gasteiger partial charge in [-0.1, -0.05) is 0 Å². The number of carboxylic acid groups (broad SMARTS) is 1. The lowest BCUT2D eigenvalue weighted by molar-refractivity contribution is -0.147. The number of H-pyrrole nitrogens is 1. The molecule has 1 saturated heterocycles. The summed E-state index contributed by atoms with van der Waals surface area (Å²) in [7, 11) is 0. The van der Waals surface area contributed by atoms with Gasteiger partial charge >= 0.3 is 5.97 Å². The van der Waals surface area contributed by atoms with E-state index in [4.69, 9.17) is 0 Å². The Labute approximate surface area is 128 Å². The minimum Gasteiger partial charge on any atom is -0.480 e. The fraction of sp³-hybridized carbons (Fsp3) is 0.562. The number of aliphatic carboxylic acids is 1. The van der Waals surface area contributed by atoms with Crippen molar-refractivity contribution in [3.05, 3.63) is 22.5 Å². The largest absolute Gasteiger partial charge is 0.480 e. The lowest BCUT2D eigenvalue weighted by Crippen LogP contribution is -2.51. The standard InChI is InChI=1S/C16H20N2O4/c1-9-12-10(5-3-6-11(12)19)17-13(9)14(20)18-8-4-7-16(18,2)15(21)22/h17H,3-8H2,1-2H3,(H,21,22). The summed E-state index contributed by atoms with van der Waals surface area (Å²) in [5.41, 5.74) is 1.30. The van der Waals surface area contributed by atoms with Crippen LogP contribution in [-0.2, 0) is 11.2 Å². The summed E-state index contributed by atoms with van der Waals surface area (Å²) in [6.07, 6.45) is 3.18. The number of rotatable bonds is 2. The van der Waals surface area contributed by atoms with Gasteiger partial charge < -0.3 is 15.0 Å². The number of carbonyl (C=O) groups excluding carboxylic acids is 2. The van der Waals surface area contributed by atoms with E-state index in [2.05, 4.69) is 4.98 Å². The first-order chi connectivity index (χ1) is 10.4. The van der Waals surface area contributed by atoms with E-state index in [1.165, 1.54) is 4.90 Å². The van der Waals surface area contributed by atoms with Crippen molar-refractivity contribution < 1.29 is 19.5 Å². The molecule has 2 heterocycles. The van der Waals surface area contributed by atoms with Gasteiger partial charge in [-0.15, -0.1) is 0 Å². The van der Waals surface area contributed by atoms with Crippen LogP contribution < -0.4 is 0 Å². The monoisotopic (exact) mass is 304 g/mol. The Morgan fingerprint density at radius 3 is 2.64 bits per heavy atom. The minimum atomic E-state index is -1.17. The molecule has 1 atom stereocenters. The average Bonchev–Trinajstić information content (AvgIpc) is 3.01. The maximum absolute atomic E-state index is 12.8. The van der Waals surface area contributed by atoms with Gasteiger partial charge in [-0.2, -0.15) is 0 Å². The van der Waals surface area contributed by atoms with Crippen molar-refractivity contribution in [2.45, 2.75) is 51.5 Å². The van der Waals surface area contributed by atoms with Gasteiger partial charge in [0.2, 0.25) is 0 Å². The van der Waals surface area contributed by atoms with E-state index in [1.54, 1.807) is 13.8 Å². The molecular formula is C16H20N2O4. The van der Waals surface area contributed by atoms with Gasteiger partial charge in [-0.05, 0) is 45.1 Å². The quantitative estimate of drug-likeness (QED) is 0.873. The number of nitrogens with zero attached hydrogens (tertiary/aromatic N) is 1. The number of ketones is 1. The lowest BCUT2D eigenvalue weighted by Gasteiger charge is -2.31. The van der Waals surface area contributed by atoms with Crippen LogP contribution in [0.25, 0.3) is 0 Å². The van der Waals surface area contributed by atoms with Crippen molar-refractivity contribution in [3.8, 4) is 0 Å². The number of carbonyl (C=O) groups is 3. The lowest BCUT2D eigenvalue weighted by atomic mass is 9.93. The van der Waals surface area contributed by atoms with E-state index < -0.39 is 11.5 Å². The van der Waals surface area contributed by atoms with Crippen LogP contribution in [0.5, 0.6) is 0 Å². The van der Waals surface area contributed by atoms with E-state index in [-0.39, 0.29) is 11.7 Å². The molecule has 1 aromatic heterocycles. The molecule has 1 amide bonds. The molecule has 1 aliphatic carbocycles. The summed E-state index contributed by atoms with van der Waals surface area (Å²) in [6, 6.07) is 0. The number of aryl methyl sites for hydroxylation is 1. The Kier molecular flexibility index (Phi) is 3.34. The van der Waals surface area contributed by atoms with Crippen LogP contribution in [0.1, 0.15) is 64.7 Å². The summed E-state index contributed by atoms with van der Waals surface area (Å²) < 4.78 is 0. The first kappa shape index (κ1) is 14.8. The highest BCUT2D eigenvalue weighted by molar-refractivity contribution is 6.05. The first-order valence-electron chi connectivity index (χ1n) is 7.66. The van der Waals surface area contributed by atoms with Crippen LogP contribution in [0.3, 0.4) is 0 Å². The van der Waals surface area contributed by atoms with Crippen molar-refractivity contribution in [2.75, 3.05) is 6.54 Å². The molecule has 6 heteroatoms. The molecular weight excluding hydrogens is 284 g/mol. The van der Waals surface area contributed by atoms with E-state index in [0.717, 1.165) is 18.5 Å². The number of amides is 1. The predicted octanol–water partition coefficient (Wildman–Crippen LogP) is 1.92. The van der Waals surface area contributed by atoms with Crippen molar-refractivity contribution in [2.24, 2.45) is 0 Å². The number of aromatic nitrogens is 1. The van der Waals surface area contributed by atoms with Gasteiger partial charge in [0.1, 0.15) is 11.2 Å². The summed E-state index contributed by atoms with van der Waals surface area (Å²) >= 11 is 0. The Balaban J connectivity index is 2.00. The van der Waals surface area contributed by atoms with E-state index in [9.17, 15) is 19.5 Å². The number of fused-ring (bicyclic) bond motifs is 1. The van der Waals surface area contributed by atoms with Crippen molar-refractivity contribution >= 4 is 17.7 Å². The molecule has 1 aliphatic heterocycles. The van der Waals surface area contributed by atoms with Crippen LogP contribution in [0, 0.1) is 6.92 Å². The maximum atomic E-state index is 12.8. The zero-order valence-corrected chi connectivity index (χ0v) is 12.9. The second-order valence-corrected chi connectivity index (χ2v) is 6.39. The minimum absolute atomic E-state index is 0.0662.